The Labute approximate surface area is 141 Å². The van der Waals surface area contributed by atoms with Crippen LogP contribution in [0.2, 0.25) is 5.02 Å². The van der Waals surface area contributed by atoms with Gasteiger partial charge < -0.3 is 4.90 Å². The van der Waals surface area contributed by atoms with Gasteiger partial charge in [-0.3, -0.25) is 9.89 Å². The summed E-state index contributed by atoms with van der Waals surface area (Å²) in [6.07, 6.45) is 3.59. The number of carbonyl (C=O) groups excluding carboxylic acids is 1. The third-order valence-electron chi connectivity index (χ3n) is 5.96. The van der Waals surface area contributed by atoms with Crippen LogP contribution in [0.1, 0.15) is 43.6 Å². The number of likely N-dealkylation sites (tertiary alicyclic amines) is 1. The molecule has 23 heavy (non-hydrogen) atoms. The van der Waals surface area contributed by atoms with Gasteiger partial charge in [-0.1, -0.05) is 31.9 Å². The summed E-state index contributed by atoms with van der Waals surface area (Å²) >= 11 is 6.10. The molecule has 4 atom stereocenters. The van der Waals surface area contributed by atoms with Crippen molar-refractivity contribution in [2.45, 2.75) is 39.2 Å². The topological polar surface area (TPSA) is 49.0 Å². The molecule has 2 aromatic rings. The normalized spacial score (nSPS) is 30.1. The standard InChI is InChI=1S/C18H22ClN3O/c1-3-11-6-12-9-22(16(7-11)10(12)2)18(23)17-14-8-13(19)4-5-15(14)20-21-17/h4-5,8,10-12,16H,3,6-7,9H2,1-2H3,(H,20,21)/t10-,11?,12-,16-/m1/s1. The van der Waals surface area contributed by atoms with E-state index in [2.05, 4.69) is 28.9 Å². The molecule has 2 aliphatic rings. The Bertz CT molecular complexity index is 756. The van der Waals surface area contributed by atoms with Gasteiger partial charge in [0.15, 0.2) is 5.69 Å². The number of aromatic amines is 1. The molecule has 1 unspecified atom stereocenters. The first-order valence-corrected chi connectivity index (χ1v) is 8.90. The van der Waals surface area contributed by atoms with Gasteiger partial charge in [0.1, 0.15) is 0 Å². The average Bonchev–Trinajstić information content (AvgIpc) is 3.01. The van der Waals surface area contributed by atoms with Gasteiger partial charge in [-0.25, -0.2) is 0 Å². The van der Waals surface area contributed by atoms with Crippen LogP contribution in [0, 0.1) is 17.8 Å². The molecule has 2 heterocycles. The smallest absolute Gasteiger partial charge is 0.275 e. The Balaban J connectivity index is 1.67. The number of hydrogen-bond acceptors (Lipinski definition) is 2. The second kappa shape index (κ2) is 5.52. The lowest BCUT2D eigenvalue weighted by atomic mass is 9.74. The molecule has 122 valence electrons. The van der Waals surface area contributed by atoms with Crippen LogP contribution < -0.4 is 0 Å². The predicted molar refractivity (Wildman–Crippen MR) is 91.6 cm³/mol. The molecule has 1 aromatic heterocycles. The molecular formula is C18H22ClN3O. The first kappa shape index (κ1) is 15.0. The average molecular weight is 332 g/mol. The summed E-state index contributed by atoms with van der Waals surface area (Å²) < 4.78 is 0. The highest BCUT2D eigenvalue weighted by molar-refractivity contribution is 6.31. The van der Waals surface area contributed by atoms with Crippen LogP contribution in [0.3, 0.4) is 0 Å². The van der Waals surface area contributed by atoms with Gasteiger partial charge in [0.05, 0.1) is 5.52 Å². The molecule has 2 fully saturated rings. The van der Waals surface area contributed by atoms with Gasteiger partial charge in [0, 0.05) is 23.0 Å². The van der Waals surface area contributed by atoms with Crippen molar-refractivity contribution in [1.29, 1.82) is 0 Å². The third-order valence-corrected chi connectivity index (χ3v) is 6.19. The quantitative estimate of drug-likeness (QED) is 0.900. The zero-order valence-corrected chi connectivity index (χ0v) is 14.3. The highest BCUT2D eigenvalue weighted by Crippen LogP contribution is 2.44. The van der Waals surface area contributed by atoms with E-state index in [1.54, 1.807) is 0 Å². The first-order valence-electron chi connectivity index (χ1n) is 8.53. The number of nitrogens with one attached hydrogen (secondary N) is 1. The van der Waals surface area contributed by atoms with E-state index in [0.29, 0.717) is 28.6 Å². The molecule has 1 aromatic carbocycles. The van der Waals surface area contributed by atoms with Gasteiger partial charge in [0.2, 0.25) is 0 Å². The van der Waals surface area contributed by atoms with Gasteiger partial charge >= 0.3 is 0 Å². The Morgan fingerprint density at radius 3 is 3.04 bits per heavy atom. The fourth-order valence-corrected chi connectivity index (χ4v) is 4.67. The number of carbonyl (C=O) groups is 1. The number of hydrogen-bond donors (Lipinski definition) is 1. The van der Waals surface area contributed by atoms with Crippen molar-refractivity contribution in [3.63, 3.8) is 0 Å². The van der Waals surface area contributed by atoms with Crippen LogP contribution >= 0.6 is 11.6 Å². The largest absolute Gasteiger partial charge is 0.334 e. The summed E-state index contributed by atoms with van der Waals surface area (Å²) in [6.45, 7) is 5.43. The van der Waals surface area contributed by atoms with Crippen molar-refractivity contribution >= 4 is 28.4 Å². The lowest BCUT2D eigenvalue weighted by Crippen LogP contribution is -2.39. The molecule has 0 radical (unpaired) electrons. The maximum absolute atomic E-state index is 13.1. The Morgan fingerprint density at radius 2 is 2.26 bits per heavy atom. The molecule has 1 amide bonds. The summed E-state index contributed by atoms with van der Waals surface area (Å²) in [7, 11) is 0. The van der Waals surface area contributed by atoms with Crippen LogP contribution in [0.15, 0.2) is 18.2 Å². The van der Waals surface area contributed by atoms with Crippen molar-refractivity contribution < 1.29 is 4.79 Å². The minimum absolute atomic E-state index is 0.0506. The van der Waals surface area contributed by atoms with E-state index < -0.39 is 0 Å². The summed E-state index contributed by atoms with van der Waals surface area (Å²) in [4.78, 5) is 15.2. The van der Waals surface area contributed by atoms with Crippen molar-refractivity contribution in [3.8, 4) is 0 Å². The number of fused-ring (bicyclic) bond motifs is 3. The summed E-state index contributed by atoms with van der Waals surface area (Å²) in [5.74, 6) is 2.03. The maximum Gasteiger partial charge on any atom is 0.275 e. The molecule has 5 heteroatoms. The summed E-state index contributed by atoms with van der Waals surface area (Å²) in [5, 5.41) is 8.69. The molecule has 1 N–H and O–H groups in total. The zero-order chi connectivity index (χ0) is 16.1. The van der Waals surface area contributed by atoms with E-state index in [0.717, 1.165) is 29.8 Å². The van der Waals surface area contributed by atoms with Gasteiger partial charge in [-0.05, 0) is 48.8 Å². The molecule has 1 saturated carbocycles. The van der Waals surface area contributed by atoms with Crippen LogP contribution in [0.25, 0.3) is 10.9 Å². The van der Waals surface area contributed by atoms with Crippen molar-refractivity contribution in [3.05, 3.63) is 28.9 Å². The number of aromatic nitrogens is 2. The van der Waals surface area contributed by atoms with Crippen LogP contribution in [-0.2, 0) is 0 Å². The highest BCUT2D eigenvalue weighted by Gasteiger charge is 2.46. The van der Waals surface area contributed by atoms with Crippen LogP contribution in [0.5, 0.6) is 0 Å². The van der Waals surface area contributed by atoms with Crippen LogP contribution in [0.4, 0.5) is 0 Å². The van der Waals surface area contributed by atoms with Gasteiger partial charge in [-0.2, -0.15) is 5.10 Å². The fourth-order valence-electron chi connectivity index (χ4n) is 4.50. The molecule has 2 bridgehead atoms. The Hall–Kier alpha value is -1.55. The van der Waals surface area contributed by atoms with E-state index in [9.17, 15) is 4.79 Å². The first-order chi connectivity index (χ1) is 11.1. The van der Waals surface area contributed by atoms with E-state index in [1.807, 2.05) is 18.2 Å². The molecule has 4 rings (SSSR count). The van der Waals surface area contributed by atoms with E-state index in [-0.39, 0.29) is 5.91 Å². The van der Waals surface area contributed by atoms with E-state index >= 15 is 0 Å². The van der Waals surface area contributed by atoms with Crippen LogP contribution in [-0.4, -0.2) is 33.6 Å². The molecule has 4 nitrogen and oxygen atoms in total. The van der Waals surface area contributed by atoms with Gasteiger partial charge in [-0.15, -0.1) is 0 Å². The van der Waals surface area contributed by atoms with Gasteiger partial charge in [0.25, 0.3) is 5.91 Å². The lowest BCUT2D eigenvalue weighted by Gasteiger charge is -2.33. The van der Waals surface area contributed by atoms with Crippen molar-refractivity contribution in [2.24, 2.45) is 17.8 Å². The van der Waals surface area contributed by atoms with Crippen molar-refractivity contribution in [2.75, 3.05) is 6.54 Å². The van der Waals surface area contributed by atoms with Crippen molar-refractivity contribution in [1.82, 2.24) is 15.1 Å². The molecular weight excluding hydrogens is 310 g/mol. The Morgan fingerprint density at radius 1 is 1.43 bits per heavy atom. The Kier molecular flexibility index (Phi) is 3.60. The molecule has 0 spiro atoms. The highest BCUT2D eigenvalue weighted by atomic mass is 35.5. The molecule has 1 aliphatic carbocycles. The maximum atomic E-state index is 13.1. The fraction of sp³-hybridized carbons (Fsp3) is 0.556. The number of nitrogens with zero attached hydrogens (tertiary/aromatic N) is 2. The lowest BCUT2D eigenvalue weighted by molar-refractivity contribution is 0.0694. The minimum Gasteiger partial charge on any atom is -0.334 e. The monoisotopic (exact) mass is 331 g/mol. The minimum atomic E-state index is 0.0506. The second-order valence-corrected chi connectivity index (χ2v) is 7.59. The number of rotatable bonds is 2. The van der Waals surface area contributed by atoms with E-state index in [4.69, 9.17) is 11.6 Å². The summed E-state index contributed by atoms with van der Waals surface area (Å²) in [6, 6.07) is 5.87. The number of H-pyrrole nitrogens is 1. The van der Waals surface area contributed by atoms with E-state index in [1.165, 1.54) is 12.8 Å². The SMILES string of the molecule is CCC1C[C@@H]2CN(C(=O)c3n[nH]c4ccc(Cl)cc34)[C@H](C1)[C@@H]2C. The third kappa shape index (κ3) is 2.35. The zero-order valence-electron chi connectivity index (χ0n) is 13.6. The summed E-state index contributed by atoms with van der Waals surface area (Å²) in [5.41, 5.74) is 1.37. The number of halogens is 1. The molecule has 1 aliphatic heterocycles. The predicted octanol–water partition coefficient (Wildman–Crippen LogP) is 4.11. The molecule has 1 saturated heterocycles. The number of amides is 1. The second-order valence-electron chi connectivity index (χ2n) is 7.15. The number of benzene rings is 1.